The summed E-state index contributed by atoms with van der Waals surface area (Å²) in [6, 6.07) is 9.40. The summed E-state index contributed by atoms with van der Waals surface area (Å²) in [5, 5.41) is 14.1. The maximum absolute atomic E-state index is 13.3. The summed E-state index contributed by atoms with van der Waals surface area (Å²) >= 11 is 0. The van der Waals surface area contributed by atoms with Gasteiger partial charge in [-0.3, -0.25) is 4.79 Å². The zero-order valence-electron chi connectivity index (χ0n) is 13.1. The van der Waals surface area contributed by atoms with Crippen molar-refractivity contribution in [1.82, 2.24) is 5.32 Å². The Morgan fingerprint density at radius 3 is 2.75 bits per heavy atom. The molecule has 24 heavy (non-hydrogen) atoms. The first-order valence-electron chi connectivity index (χ1n) is 7.64. The molecule has 0 saturated heterocycles. The maximum atomic E-state index is 13.3. The molecule has 0 spiro atoms. The third-order valence-electron chi connectivity index (χ3n) is 4.23. The van der Waals surface area contributed by atoms with Crippen molar-refractivity contribution in [3.05, 3.63) is 64.5 Å². The number of carbonyl (C=O) groups excluding carboxylic acids is 1. The highest BCUT2D eigenvalue weighted by atomic mass is 19.1. The van der Waals surface area contributed by atoms with Crippen LogP contribution in [0.4, 0.5) is 14.9 Å². The van der Waals surface area contributed by atoms with Gasteiger partial charge in [0.15, 0.2) is 0 Å². The van der Waals surface area contributed by atoms with Crippen LogP contribution in [-0.2, 0) is 6.42 Å². The van der Waals surface area contributed by atoms with E-state index in [0.717, 1.165) is 11.1 Å². The lowest BCUT2D eigenvalue weighted by Crippen LogP contribution is -2.25. The average Bonchev–Trinajstić information content (AvgIpc) is 2.93. The summed E-state index contributed by atoms with van der Waals surface area (Å²) in [4.78, 5) is 23.4. The van der Waals surface area contributed by atoms with Crippen LogP contribution in [-0.4, -0.2) is 17.1 Å². The molecule has 1 aliphatic rings. The summed E-state index contributed by atoms with van der Waals surface area (Å²) in [5.41, 5.74) is 3.18. The van der Waals surface area contributed by atoms with E-state index in [1.807, 2.05) is 6.07 Å². The van der Waals surface area contributed by atoms with Crippen molar-refractivity contribution >= 4 is 17.7 Å². The molecule has 1 aliphatic carbocycles. The van der Waals surface area contributed by atoms with Gasteiger partial charge in [-0.25, -0.2) is 9.18 Å². The number of anilines is 1. The largest absolute Gasteiger partial charge is 0.465 e. The van der Waals surface area contributed by atoms with E-state index in [1.54, 1.807) is 25.1 Å². The van der Waals surface area contributed by atoms with Gasteiger partial charge in [0.05, 0.1) is 6.04 Å². The molecule has 5 nitrogen and oxygen atoms in total. The van der Waals surface area contributed by atoms with Crippen LogP contribution in [0.25, 0.3) is 0 Å². The van der Waals surface area contributed by atoms with Crippen LogP contribution >= 0.6 is 0 Å². The number of halogens is 1. The third kappa shape index (κ3) is 3.08. The number of amides is 2. The lowest BCUT2D eigenvalue weighted by atomic mass is 10.0. The van der Waals surface area contributed by atoms with Gasteiger partial charge in [0, 0.05) is 11.3 Å². The van der Waals surface area contributed by atoms with Gasteiger partial charge in [-0.1, -0.05) is 12.1 Å². The fraction of sp³-hybridized carbons (Fsp3) is 0.222. The Labute approximate surface area is 138 Å². The van der Waals surface area contributed by atoms with E-state index < -0.39 is 6.09 Å². The van der Waals surface area contributed by atoms with Crippen LogP contribution < -0.4 is 10.6 Å². The number of nitrogens with one attached hydrogen (secondary N) is 2. The topological polar surface area (TPSA) is 78.4 Å². The lowest BCUT2D eigenvalue weighted by molar-refractivity contribution is 0.102. The predicted octanol–water partition coefficient (Wildman–Crippen LogP) is 3.64. The molecule has 0 fully saturated rings. The fourth-order valence-corrected chi connectivity index (χ4v) is 3.09. The SMILES string of the molecule is Cc1cc(NC(=O)c2cccc3c2CC[C@@H]3NC(=O)O)ccc1F. The molecule has 0 aromatic heterocycles. The van der Waals surface area contributed by atoms with E-state index in [-0.39, 0.29) is 17.8 Å². The molecule has 6 heteroatoms. The second-order valence-corrected chi connectivity index (χ2v) is 5.83. The minimum atomic E-state index is -1.08. The number of hydrogen-bond acceptors (Lipinski definition) is 2. The summed E-state index contributed by atoms with van der Waals surface area (Å²) < 4.78 is 13.3. The number of rotatable bonds is 3. The van der Waals surface area contributed by atoms with E-state index in [1.165, 1.54) is 12.1 Å². The molecule has 2 aromatic carbocycles. The normalized spacial score (nSPS) is 15.7. The monoisotopic (exact) mass is 328 g/mol. The van der Waals surface area contributed by atoms with Crippen molar-refractivity contribution in [2.24, 2.45) is 0 Å². The van der Waals surface area contributed by atoms with Gasteiger partial charge in [-0.15, -0.1) is 0 Å². The zero-order chi connectivity index (χ0) is 17.3. The molecule has 2 amide bonds. The molecule has 0 saturated carbocycles. The number of fused-ring (bicyclic) bond motifs is 1. The number of carbonyl (C=O) groups is 2. The van der Waals surface area contributed by atoms with Crippen molar-refractivity contribution in [2.75, 3.05) is 5.32 Å². The highest BCUT2D eigenvalue weighted by molar-refractivity contribution is 6.05. The van der Waals surface area contributed by atoms with E-state index in [4.69, 9.17) is 5.11 Å². The van der Waals surface area contributed by atoms with Crippen molar-refractivity contribution in [2.45, 2.75) is 25.8 Å². The van der Waals surface area contributed by atoms with Gasteiger partial charge in [-0.2, -0.15) is 0 Å². The highest BCUT2D eigenvalue weighted by Gasteiger charge is 2.27. The Balaban J connectivity index is 1.85. The predicted molar refractivity (Wildman–Crippen MR) is 87.8 cm³/mol. The number of hydrogen-bond donors (Lipinski definition) is 3. The first-order chi connectivity index (χ1) is 11.5. The second kappa shape index (κ2) is 6.31. The van der Waals surface area contributed by atoms with Gasteiger partial charge < -0.3 is 15.7 Å². The van der Waals surface area contributed by atoms with Crippen LogP contribution in [0.3, 0.4) is 0 Å². The molecule has 124 valence electrons. The summed E-state index contributed by atoms with van der Waals surface area (Å²) in [7, 11) is 0. The molecule has 2 aromatic rings. The van der Waals surface area contributed by atoms with E-state index in [9.17, 15) is 14.0 Å². The summed E-state index contributed by atoms with van der Waals surface area (Å²) in [6.07, 6.45) is 0.179. The van der Waals surface area contributed by atoms with Crippen LogP contribution in [0.5, 0.6) is 0 Å². The second-order valence-electron chi connectivity index (χ2n) is 5.83. The van der Waals surface area contributed by atoms with E-state index in [2.05, 4.69) is 10.6 Å². The van der Waals surface area contributed by atoms with Gasteiger partial charge in [0.1, 0.15) is 5.82 Å². The number of carboxylic acid groups (broad SMARTS) is 1. The van der Waals surface area contributed by atoms with Crippen LogP contribution in [0.1, 0.15) is 39.5 Å². The van der Waals surface area contributed by atoms with Crippen LogP contribution in [0, 0.1) is 12.7 Å². The Morgan fingerprint density at radius 2 is 2.04 bits per heavy atom. The summed E-state index contributed by atoms with van der Waals surface area (Å²) in [6.45, 7) is 1.63. The highest BCUT2D eigenvalue weighted by Crippen LogP contribution is 2.33. The first kappa shape index (κ1) is 16.0. The molecule has 3 N–H and O–H groups in total. The Kier molecular flexibility index (Phi) is 4.20. The minimum absolute atomic E-state index is 0.283. The Bertz CT molecular complexity index is 820. The number of benzene rings is 2. The van der Waals surface area contributed by atoms with Gasteiger partial charge in [0.25, 0.3) is 5.91 Å². The molecule has 0 radical (unpaired) electrons. The molecule has 0 bridgehead atoms. The van der Waals surface area contributed by atoms with Gasteiger partial charge in [0.2, 0.25) is 0 Å². The Hall–Kier alpha value is -2.89. The molecule has 0 heterocycles. The zero-order valence-corrected chi connectivity index (χ0v) is 13.1. The van der Waals surface area contributed by atoms with E-state index >= 15 is 0 Å². The standard InChI is InChI=1S/C18H17FN2O3/c1-10-9-11(5-7-15(10)19)20-17(22)14-4-2-3-13-12(14)6-8-16(13)21-18(23)24/h2-5,7,9,16,21H,6,8H2,1H3,(H,20,22)(H,23,24)/t16-/m0/s1. The third-order valence-corrected chi connectivity index (χ3v) is 4.23. The Morgan fingerprint density at radius 1 is 1.25 bits per heavy atom. The molecular formula is C18H17FN2O3. The van der Waals surface area contributed by atoms with Crippen molar-refractivity contribution in [3.63, 3.8) is 0 Å². The van der Waals surface area contributed by atoms with Crippen LogP contribution in [0.2, 0.25) is 0 Å². The van der Waals surface area contributed by atoms with Crippen LogP contribution in [0.15, 0.2) is 36.4 Å². The maximum Gasteiger partial charge on any atom is 0.405 e. The van der Waals surface area contributed by atoms with E-state index in [0.29, 0.717) is 29.7 Å². The average molecular weight is 328 g/mol. The van der Waals surface area contributed by atoms with Crippen molar-refractivity contribution in [3.8, 4) is 0 Å². The minimum Gasteiger partial charge on any atom is -0.465 e. The van der Waals surface area contributed by atoms with Crippen molar-refractivity contribution in [1.29, 1.82) is 0 Å². The quantitative estimate of drug-likeness (QED) is 0.805. The van der Waals surface area contributed by atoms with Gasteiger partial charge >= 0.3 is 6.09 Å². The molecule has 1 atom stereocenters. The van der Waals surface area contributed by atoms with Gasteiger partial charge in [-0.05, 0) is 60.7 Å². The molecular weight excluding hydrogens is 311 g/mol. The van der Waals surface area contributed by atoms with Crippen molar-refractivity contribution < 1.29 is 19.1 Å². The molecule has 3 rings (SSSR count). The fourth-order valence-electron chi connectivity index (χ4n) is 3.09. The summed E-state index contributed by atoms with van der Waals surface area (Å²) in [5.74, 6) is -0.606. The molecule has 0 unspecified atom stereocenters. The molecule has 0 aliphatic heterocycles. The first-order valence-corrected chi connectivity index (χ1v) is 7.64. The smallest absolute Gasteiger partial charge is 0.405 e. The lowest BCUT2D eigenvalue weighted by Gasteiger charge is -2.13. The number of aryl methyl sites for hydroxylation is 1.